The van der Waals surface area contributed by atoms with Crippen LogP contribution in [-0.4, -0.2) is 41.2 Å². The van der Waals surface area contributed by atoms with Crippen LogP contribution in [0, 0.1) is 0 Å². The molecule has 2 aliphatic rings. The Morgan fingerprint density at radius 1 is 1.33 bits per heavy atom. The Hall–Kier alpha value is -2.25. The van der Waals surface area contributed by atoms with E-state index in [4.69, 9.17) is 5.73 Å². The second kappa shape index (κ2) is 8.63. The number of amides is 3. The number of unbranched alkanes of at least 4 members (excludes halogenated alkanes) is 1. The normalized spacial score (nSPS) is 20.6. The van der Waals surface area contributed by atoms with Crippen LogP contribution in [0.4, 0.5) is 0 Å². The van der Waals surface area contributed by atoms with Crippen LogP contribution in [0.1, 0.15) is 60.5 Å². The Balaban J connectivity index is 1.65. The lowest BCUT2D eigenvalue weighted by Gasteiger charge is -2.29. The fraction of sp³-hybridized carbons (Fsp3) is 0.550. The van der Waals surface area contributed by atoms with Crippen LogP contribution in [0.25, 0.3) is 0 Å². The molecule has 7 heteroatoms. The van der Waals surface area contributed by atoms with Gasteiger partial charge in [0.1, 0.15) is 6.04 Å². The van der Waals surface area contributed by atoms with Crippen molar-refractivity contribution in [2.75, 3.05) is 6.54 Å². The minimum atomic E-state index is -0.570. The molecular formula is C20H28N4O3. The van der Waals surface area contributed by atoms with Crippen LogP contribution in [-0.2, 0) is 22.7 Å². The van der Waals surface area contributed by atoms with Crippen molar-refractivity contribution in [2.45, 2.75) is 64.2 Å². The van der Waals surface area contributed by atoms with Crippen molar-refractivity contribution in [3.63, 3.8) is 0 Å². The Kier molecular flexibility index (Phi) is 6.23. The van der Waals surface area contributed by atoms with Gasteiger partial charge in [0.15, 0.2) is 0 Å². The van der Waals surface area contributed by atoms with E-state index in [0.29, 0.717) is 37.7 Å². The number of carbonyl (C=O) groups excluding carboxylic acids is 3. The van der Waals surface area contributed by atoms with Crippen LogP contribution in [0.3, 0.4) is 0 Å². The predicted molar refractivity (Wildman–Crippen MR) is 102 cm³/mol. The van der Waals surface area contributed by atoms with Crippen molar-refractivity contribution in [1.82, 2.24) is 15.5 Å². The molecule has 2 aliphatic heterocycles. The van der Waals surface area contributed by atoms with E-state index in [2.05, 4.69) is 17.6 Å². The summed E-state index contributed by atoms with van der Waals surface area (Å²) < 4.78 is 0. The van der Waals surface area contributed by atoms with E-state index >= 15 is 0 Å². The summed E-state index contributed by atoms with van der Waals surface area (Å²) in [5, 5.41) is 5.81. The zero-order chi connectivity index (χ0) is 19.4. The van der Waals surface area contributed by atoms with E-state index in [1.807, 2.05) is 18.2 Å². The van der Waals surface area contributed by atoms with Crippen LogP contribution >= 0.6 is 0 Å². The number of benzene rings is 1. The molecule has 3 rings (SSSR count). The molecule has 4 N–H and O–H groups in total. The van der Waals surface area contributed by atoms with E-state index in [1.54, 1.807) is 4.90 Å². The maximum Gasteiger partial charge on any atom is 0.255 e. The van der Waals surface area contributed by atoms with Crippen molar-refractivity contribution in [3.05, 3.63) is 34.9 Å². The lowest BCUT2D eigenvalue weighted by atomic mass is 10.0. The molecule has 0 bridgehead atoms. The van der Waals surface area contributed by atoms with Gasteiger partial charge in [0, 0.05) is 37.7 Å². The molecule has 2 atom stereocenters. The average molecular weight is 372 g/mol. The van der Waals surface area contributed by atoms with Gasteiger partial charge in [0.05, 0.1) is 0 Å². The van der Waals surface area contributed by atoms with E-state index in [-0.39, 0.29) is 24.1 Å². The second-order valence-corrected chi connectivity index (χ2v) is 7.35. The largest absolute Gasteiger partial charge is 0.329 e. The summed E-state index contributed by atoms with van der Waals surface area (Å²) in [6.07, 6.45) is 4.00. The molecule has 1 aromatic rings. The van der Waals surface area contributed by atoms with Crippen LogP contribution in [0.5, 0.6) is 0 Å². The summed E-state index contributed by atoms with van der Waals surface area (Å²) in [4.78, 5) is 37.7. The summed E-state index contributed by atoms with van der Waals surface area (Å²) in [6.45, 7) is 3.88. The van der Waals surface area contributed by atoms with Gasteiger partial charge in [-0.15, -0.1) is 0 Å². The molecule has 3 amide bonds. The maximum absolute atomic E-state index is 12.7. The minimum Gasteiger partial charge on any atom is -0.329 e. The number of imide groups is 1. The number of nitrogens with two attached hydrogens (primary N) is 1. The molecule has 7 nitrogen and oxygen atoms in total. The molecule has 0 spiro atoms. The Morgan fingerprint density at radius 3 is 2.85 bits per heavy atom. The van der Waals surface area contributed by atoms with E-state index in [9.17, 15) is 14.4 Å². The highest BCUT2D eigenvalue weighted by molar-refractivity contribution is 6.05. The van der Waals surface area contributed by atoms with Crippen molar-refractivity contribution in [3.8, 4) is 0 Å². The molecule has 1 aromatic carbocycles. The number of fused-ring (bicyclic) bond motifs is 1. The number of carbonyl (C=O) groups is 3. The zero-order valence-corrected chi connectivity index (χ0v) is 15.8. The molecule has 0 aliphatic carbocycles. The van der Waals surface area contributed by atoms with Gasteiger partial charge in [-0.05, 0) is 30.0 Å². The molecule has 1 fully saturated rings. The highest BCUT2D eigenvalue weighted by Crippen LogP contribution is 2.28. The second-order valence-electron chi connectivity index (χ2n) is 7.35. The van der Waals surface area contributed by atoms with Gasteiger partial charge in [0.2, 0.25) is 11.8 Å². The first-order valence-electron chi connectivity index (χ1n) is 9.73. The first-order valence-corrected chi connectivity index (χ1v) is 9.73. The van der Waals surface area contributed by atoms with Gasteiger partial charge < -0.3 is 16.0 Å². The number of nitrogens with zero attached hydrogens (tertiary/aromatic N) is 1. The van der Waals surface area contributed by atoms with Gasteiger partial charge in [-0.3, -0.25) is 19.7 Å². The third kappa shape index (κ3) is 4.36. The van der Waals surface area contributed by atoms with Gasteiger partial charge in [-0.2, -0.15) is 0 Å². The quantitative estimate of drug-likeness (QED) is 0.592. The number of rotatable bonds is 8. The third-order valence-electron chi connectivity index (χ3n) is 5.37. The number of nitrogens with one attached hydrogen (secondary N) is 2. The topological polar surface area (TPSA) is 105 Å². The third-order valence-corrected chi connectivity index (χ3v) is 5.37. The van der Waals surface area contributed by atoms with Crippen molar-refractivity contribution in [2.24, 2.45) is 5.73 Å². The number of hydrogen-bond acceptors (Lipinski definition) is 5. The van der Waals surface area contributed by atoms with E-state index < -0.39 is 6.04 Å². The molecule has 146 valence electrons. The fourth-order valence-electron chi connectivity index (χ4n) is 3.75. The predicted octanol–water partition coefficient (Wildman–Crippen LogP) is 1.05. The van der Waals surface area contributed by atoms with E-state index in [0.717, 1.165) is 30.4 Å². The zero-order valence-electron chi connectivity index (χ0n) is 15.8. The standard InChI is InChI=1S/C20H28N4O3/c1-2-3-4-15(10-21)22-11-13-5-6-16-14(9-13)12-24(20(16)27)17-7-8-18(25)23-19(17)26/h5-6,9,15,17,22H,2-4,7-8,10-12,21H2,1H3,(H,23,25,26). The van der Waals surface area contributed by atoms with Crippen molar-refractivity contribution >= 4 is 17.7 Å². The van der Waals surface area contributed by atoms with Crippen LogP contribution in [0.15, 0.2) is 18.2 Å². The Bertz CT molecular complexity index is 734. The average Bonchev–Trinajstić information content (AvgIpc) is 2.98. The molecule has 1 saturated heterocycles. The van der Waals surface area contributed by atoms with E-state index in [1.165, 1.54) is 0 Å². The minimum absolute atomic E-state index is 0.137. The monoisotopic (exact) mass is 372 g/mol. The summed E-state index contributed by atoms with van der Waals surface area (Å²) in [6, 6.07) is 5.54. The van der Waals surface area contributed by atoms with Crippen molar-refractivity contribution < 1.29 is 14.4 Å². The number of piperidine rings is 1. The molecule has 0 saturated carbocycles. The number of hydrogen-bond donors (Lipinski definition) is 3. The lowest BCUT2D eigenvalue weighted by Crippen LogP contribution is -2.52. The maximum atomic E-state index is 12.7. The fourth-order valence-corrected chi connectivity index (χ4v) is 3.75. The van der Waals surface area contributed by atoms with Crippen molar-refractivity contribution in [1.29, 1.82) is 0 Å². The molecular weight excluding hydrogens is 344 g/mol. The highest BCUT2D eigenvalue weighted by atomic mass is 16.2. The van der Waals surface area contributed by atoms with Gasteiger partial charge in [-0.25, -0.2) is 0 Å². The lowest BCUT2D eigenvalue weighted by molar-refractivity contribution is -0.136. The smallest absolute Gasteiger partial charge is 0.255 e. The summed E-state index contributed by atoms with van der Waals surface area (Å²) in [5.41, 5.74) is 8.51. The molecule has 0 radical (unpaired) electrons. The highest BCUT2D eigenvalue weighted by Gasteiger charge is 2.38. The van der Waals surface area contributed by atoms with Crippen LogP contribution < -0.4 is 16.4 Å². The SMILES string of the molecule is CCCCC(CN)NCc1ccc2c(c1)CN(C1CCC(=O)NC1=O)C2=O. The molecule has 2 heterocycles. The summed E-state index contributed by atoms with van der Waals surface area (Å²) >= 11 is 0. The van der Waals surface area contributed by atoms with Crippen LogP contribution in [0.2, 0.25) is 0 Å². The van der Waals surface area contributed by atoms with Gasteiger partial charge >= 0.3 is 0 Å². The molecule has 27 heavy (non-hydrogen) atoms. The summed E-state index contributed by atoms with van der Waals surface area (Å²) in [5.74, 6) is -0.788. The molecule has 2 unspecified atom stereocenters. The first-order chi connectivity index (χ1) is 13.0. The molecule has 0 aromatic heterocycles. The summed E-state index contributed by atoms with van der Waals surface area (Å²) in [7, 11) is 0. The van der Waals surface area contributed by atoms with Gasteiger partial charge in [-0.1, -0.05) is 31.9 Å². The Labute approximate surface area is 159 Å². The van der Waals surface area contributed by atoms with Gasteiger partial charge in [0.25, 0.3) is 5.91 Å². The first kappa shape index (κ1) is 19.5. The Morgan fingerprint density at radius 2 is 2.15 bits per heavy atom.